The zero-order valence-electron chi connectivity index (χ0n) is 11.3. The van der Waals surface area contributed by atoms with Crippen molar-refractivity contribution < 1.29 is 9.31 Å². The maximum absolute atomic E-state index is 14.0. The molecule has 1 aliphatic rings. The summed E-state index contributed by atoms with van der Waals surface area (Å²) in [6.45, 7) is 1.75. The summed E-state index contributed by atoms with van der Waals surface area (Å²) in [6.07, 6.45) is 0. The topological polar surface area (TPSA) is 94.6 Å². The highest BCUT2D eigenvalue weighted by Gasteiger charge is 2.37. The highest BCUT2D eigenvalue weighted by atomic mass is 19.1. The van der Waals surface area contributed by atoms with Crippen molar-refractivity contribution in [3.63, 3.8) is 0 Å². The third-order valence-electron chi connectivity index (χ3n) is 3.37. The number of hydrogen-bond acceptors (Lipinski definition) is 6. The molecule has 0 saturated heterocycles. The molecule has 1 aromatic carbocycles. The molecule has 0 amide bonds. The standard InChI is InChI=1S/C12H14FN5O2/c1-6-11(16-15-2)10(14)9-7(13)4-5-8(18(19)20)12(9)17(6)3/h4-6,14-15H,1-3H3/b14-10?,16-11-. The molecule has 1 aliphatic heterocycles. The van der Waals surface area contributed by atoms with Crippen LogP contribution in [-0.2, 0) is 0 Å². The maximum Gasteiger partial charge on any atom is 0.293 e. The van der Waals surface area contributed by atoms with E-state index < -0.39 is 10.7 Å². The average molecular weight is 279 g/mol. The first kappa shape index (κ1) is 13.9. The predicted octanol–water partition coefficient (Wildman–Crippen LogP) is 1.52. The third-order valence-corrected chi connectivity index (χ3v) is 3.37. The summed E-state index contributed by atoms with van der Waals surface area (Å²) in [6, 6.07) is 1.75. The van der Waals surface area contributed by atoms with Crippen molar-refractivity contribution in [1.29, 1.82) is 5.41 Å². The lowest BCUT2D eigenvalue weighted by molar-refractivity contribution is -0.384. The molecule has 1 unspecified atom stereocenters. The summed E-state index contributed by atoms with van der Waals surface area (Å²) < 4.78 is 14.0. The SMILES string of the molecule is CN/N=C1\C(=N)c2c(F)ccc([N+](=O)[O-])c2N(C)C1C. The lowest BCUT2D eigenvalue weighted by Gasteiger charge is -2.34. The third kappa shape index (κ3) is 1.89. The molecule has 0 bridgehead atoms. The van der Waals surface area contributed by atoms with Gasteiger partial charge in [0.2, 0.25) is 0 Å². The molecule has 2 N–H and O–H groups in total. The van der Waals surface area contributed by atoms with Crippen LogP contribution in [-0.4, -0.2) is 36.5 Å². The lowest BCUT2D eigenvalue weighted by Crippen LogP contribution is -2.46. The second-order valence-corrected chi connectivity index (χ2v) is 4.43. The molecule has 1 heterocycles. The number of nitro benzene ring substituents is 1. The molecule has 1 atom stereocenters. The summed E-state index contributed by atoms with van der Waals surface area (Å²) in [4.78, 5) is 12.1. The van der Waals surface area contributed by atoms with Gasteiger partial charge in [0.05, 0.1) is 22.2 Å². The quantitative estimate of drug-likeness (QED) is 0.633. The largest absolute Gasteiger partial charge is 0.360 e. The maximum atomic E-state index is 14.0. The number of hydrogen-bond donors (Lipinski definition) is 2. The monoisotopic (exact) mass is 279 g/mol. The van der Waals surface area contributed by atoms with Crippen molar-refractivity contribution in [2.45, 2.75) is 13.0 Å². The number of anilines is 1. The molecule has 7 nitrogen and oxygen atoms in total. The van der Waals surface area contributed by atoms with Crippen LogP contribution in [0.1, 0.15) is 12.5 Å². The fourth-order valence-electron chi connectivity index (χ4n) is 2.28. The van der Waals surface area contributed by atoms with E-state index in [2.05, 4.69) is 10.5 Å². The van der Waals surface area contributed by atoms with Crippen LogP contribution in [0.2, 0.25) is 0 Å². The van der Waals surface area contributed by atoms with Crippen LogP contribution in [0.25, 0.3) is 0 Å². The number of halogens is 1. The van der Waals surface area contributed by atoms with Gasteiger partial charge in [-0.1, -0.05) is 0 Å². The van der Waals surface area contributed by atoms with Gasteiger partial charge in [0.15, 0.2) is 0 Å². The van der Waals surface area contributed by atoms with E-state index in [1.165, 1.54) is 0 Å². The van der Waals surface area contributed by atoms with Gasteiger partial charge in [-0.25, -0.2) is 4.39 Å². The number of fused-ring (bicyclic) bond motifs is 1. The van der Waals surface area contributed by atoms with Crippen molar-refractivity contribution in [3.8, 4) is 0 Å². The summed E-state index contributed by atoms with van der Waals surface area (Å²) >= 11 is 0. The molecular weight excluding hydrogens is 265 g/mol. The Bertz CT molecular complexity index is 629. The van der Waals surface area contributed by atoms with E-state index in [0.717, 1.165) is 12.1 Å². The summed E-state index contributed by atoms with van der Waals surface area (Å²) in [5.74, 6) is -0.668. The number of hydrazone groups is 1. The second-order valence-electron chi connectivity index (χ2n) is 4.43. The van der Waals surface area contributed by atoms with Crippen LogP contribution in [0.4, 0.5) is 15.8 Å². The Morgan fingerprint density at radius 1 is 1.55 bits per heavy atom. The summed E-state index contributed by atoms with van der Waals surface area (Å²) in [7, 11) is 3.19. The van der Waals surface area contributed by atoms with Crippen molar-refractivity contribution in [2.75, 3.05) is 19.0 Å². The van der Waals surface area contributed by atoms with Gasteiger partial charge in [0.25, 0.3) is 5.69 Å². The van der Waals surface area contributed by atoms with Crippen molar-refractivity contribution in [2.24, 2.45) is 5.10 Å². The molecule has 0 aromatic heterocycles. The Morgan fingerprint density at radius 3 is 2.75 bits per heavy atom. The van der Waals surface area contributed by atoms with E-state index >= 15 is 0 Å². The lowest BCUT2D eigenvalue weighted by atomic mass is 9.92. The molecule has 20 heavy (non-hydrogen) atoms. The Morgan fingerprint density at radius 2 is 2.20 bits per heavy atom. The average Bonchev–Trinajstić information content (AvgIpc) is 2.40. The highest BCUT2D eigenvalue weighted by Crippen LogP contribution is 2.38. The normalized spacial score (nSPS) is 20.0. The zero-order chi connectivity index (χ0) is 15.0. The number of rotatable bonds is 2. The number of nitrogens with one attached hydrogen (secondary N) is 2. The molecular formula is C12H14FN5O2. The second kappa shape index (κ2) is 4.87. The van der Waals surface area contributed by atoms with Gasteiger partial charge in [0, 0.05) is 20.2 Å². The van der Waals surface area contributed by atoms with Crippen molar-refractivity contribution in [3.05, 3.63) is 33.6 Å². The van der Waals surface area contributed by atoms with E-state index in [1.54, 1.807) is 25.9 Å². The van der Waals surface area contributed by atoms with Gasteiger partial charge in [-0.3, -0.25) is 15.5 Å². The van der Waals surface area contributed by atoms with E-state index in [-0.39, 0.29) is 28.7 Å². The van der Waals surface area contributed by atoms with Crippen LogP contribution >= 0.6 is 0 Å². The molecule has 0 radical (unpaired) electrons. The van der Waals surface area contributed by atoms with Gasteiger partial charge in [-0.15, -0.1) is 0 Å². The first-order valence-electron chi connectivity index (χ1n) is 5.93. The summed E-state index contributed by atoms with van der Waals surface area (Å²) in [5, 5.41) is 23.1. The van der Waals surface area contributed by atoms with Gasteiger partial charge in [-0.05, 0) is 13.0 Å². The molecule has 0 spiro atoms. The smallest absolute Gasteiger partial charge is 0.293 e. The molecule has 1 aromatic rings. The van der Waals surface area contributed by atoms with Gasteiger partial charge in [-0.2, -0.15) is 5.10 Å². The Kier molecular flexibility index (Phi) is 3.39. The minimum absolute atomic E-state index is 0.0891. The fourth-order valence-corrected chi connectivity index (χ4v) is 2.28. The first-order chi connectivity index (χ1) is 9.40. The number of nitro groups is 1. The van der Waals surface area contributed by atoms with E-state index in [9.17, 15) is 14.5 Å². The van der Waals surface area contributed by atoms with Crippen molar-refractivity contribution >= 4 is 22.8 Å². The van der Waals surface area contributed by atoms with E-state index in [4.69, 9.17) is 5.41 Å². The minimum Gasteiger partial charge on any atom is -0.360 e. The summed E-state index contributed by atoms with van der Waals surface area (Å²) in [5.41, 5.74) is 2.57. The fraction of sp³-hybridized carbons (Fsp3) is 0.333. The Labute approximate surface area is 114 Å². The highest BCUT2D eigenvalue weighted by molar-refractivity contribution is 6.51. The molecule has 2 rings (SSSR count). The Hall–Kier alpha value is -2.51. The molecule has 0 fully saturated rings. The van der Waals surface area contributed by atoms with Gasteiger partial charge in [0.1, 0.15) is 17.2 Å². The van der Waals surface area contributed by atoms with Crippen LogP contribution in [0.3, 0.4) is 0 Å². The van der Waals surface area contributed by atoms with E-state index in [1.807, 2.05) is 0 Å². The number of benzene rings is 1. The number of nitrogens with zero attached hydrogens (tertiary/aromatic N) is 3. The van der Waals surface area contributed by atoms with Crippen LogP contribution < -0.4 is 10.3 Å². The van der Waals surface area contributed by atoms with E-state index in [0.29, 0.717) is 5.71 Å². The van der Waals surface area contributed by atoms with Crippen LogP contribution in [0.5, 0.6) is 0 Å². The van der Waals surface area contributed by atoms with Gasteiger partial charge < -0.3 is 10.3 Å². The Balaban J connectivity index is 2.77. The van der Waals surface area contributed by atoms with Crippen molar-refractivity contribution in [1.82, 2.24) is 5.43 Å². The molecule has 0 saturated carbocycles. The van der Waals surface area contributed by atoms with Gasteiger partial charge >= 0.3 is 0 Å². The zero-order valence-corrected chi connectivity index (χ0v) is 11.3. The molecule has 8 heteroatoms. The minimum atomic E-state index is -0.668. The van der Waals surface area contributed by atoms with Crippen LogP contribution in [0.15, 0.2) is 17.2 Å². The molecule has 106 valence electrons. The van der Waals surface area contributed by atoms with Crippen LogP contribution in [0, 0.1) is 21.3 Å². The molecule has 0 aliphatic carbocycles. The first-order valence-corrected chi connectivity index (χ1v) is 5.93. The predicted molar refractivity (Wildman–Crippen MR) is 74.2 cm³/mol.